The molecule has 1 aliphatic rings. The maximum Gasteiger partial charge on any atom is 0.253 e. The maximum atomic E-state index is 12.4. The Kier molecular flexibility index (Phi) is 3.68. The fourth-order valence-electron chi connectivity index (χ4n) is 1.76. The number of rotatable bonds is 2. The van der Waals surface area contributed by atoms with Crippen LogP contribution in [0.4, 0.5) is 0 Å². The second-order valence-corrected chi connectivity index (χ2v) is 7.88. The standard InChI is InChI=1S/C10H13ClN2O3S2/c1-6-5-8(17-9(6)11)18(15,16)13-4-3-12-10(14)7(13)2/h5,7H,3-4H2,1-2H3,(H,12,14). The van der Waals surface area contributed by atoms with E-state index in [-0.39, 0.29) is 16.7 Å². The first-order valence-corrected chi connectivity index (χ1v) is 8.03. The highest BCUT2D eigenvalue weighted by molar-refractivity contribution is 7.91. The molecule has 1 atom stereocenters. The van der Waals surface area contributed by atoms with E-state index in [9.17, 15) is 13.2 Å². The predicted molar refractivity (Wildman–Crippen MR) is 70.4 cm³/mol. The van der Waals surface area contributed by atoms with Gasteiger partial charge in [-0.1, -0.05) is 11.6 Å². The van der Waals surface area contributed by atoms with Crippen LogP contribution in [-0.2, 0) is 14.8 Å². The fourth-order valence-corrected chi connectivity index (χ4v) is 5.20. The second kappa shape index (κ2) is 4.80. The summed E-state index contributed by atoms with van der Waals surface area (Å²) in [6.07, 6.45) is 0. The highest BCUT2D eigenvalue weighted by atomic mass is 35.5. The molecular weight excluding hydrogens is 296 g/mol. The van der Waals surface area contributed by atoms with E-state index >= 15 is 0 Å². The Morgan fingerprint density at radius 3 is 2.78 bits per heavy atom. The lowest BCUT2D eigenvalue weighted by Crippen LogP contribution is -2.55. The van der Waals surface area contributed by atoms with E-state index in [0.29, 0.717) is 10.9 Å². The second-order valence-electron chi connectivity index (χ2n) is 4.10. The van der Waals surface area contributed by atoms with Gasteiger partial charge in [-0.2, -0.15) is 4.31 Å². The van der Waals surface area contributed by atoms with E-state index in [1.165, 1.54) is 4.31 Å². The summed E-state index contributed by atoms with van der Waals surface area (Å²) in [6, 6.07) is 0.853. The maximum absolute atomic E-state index is 12.4. The molecule has 0 saturated carbocycles. The largest absolute Gasteiger partial charge is 0.353 e. The van der Waals surface area contributed by atoms with Crippen molar-refractivity contribution in [3.63, 3.8) is 0 Å². The zero-order chi connectivity index (χ0) is 13.5. The van der Waals surface area contributed by atoms with Crippen molar-refractivity contribution in [2.24, 2.45) is 0 Å². The number of nitrogens with one attached hydrogen (secondary N) is 1. The number of carbonyl (C=O) groups excluding carboxylic acids is 1. The third-order valence-corrected chi connectivity index (χ3v) is 6.81. The highest BCUT2D eigenvalue weighted by Crippen LogP contribution is 2.32. The Hall–Kier alpha value is -0.630. The van der Waals surface area contributed by atoms with Crippen molar-refractivity contribution in [1.29, 1.82) is 0 Å². The highest BCUT2D eigenvalue weighted by Gasteiger charge is 2.36. The van der Waals surface area contributed by atoms with Gasteiger partial charge in [0.05, 0.1) is 4.34 Å². The summed E-state index contributed by atoms with van der Waals surface area (Å²) in [7, 11) is -3.64. The molecule has 18 heavy (non-hydrogen) atoms. The normalized spacial score (nSPS) is 21.9. The fraction of sp³-hybridized carbons (Fsp3) is 0.500. The zero-order valence-electron chi connectivity index (χ0n) is 9.94. The molecule has 1 fully saturated rings. The van der Waals surface area contributed by atoms with E-state index in [2.05, 4.69) is 5.32 Å². The van der Waals surface area contributed by atoms with Crippen LogP contribution in [0.1, 0.15) is 12.5 Å². The number of amides is 1. The average molecular weight is 309 g/mol. The average Bonchev–Trinajstić information content (AvgIpc) is 2.63. The zero-order valence-corrected chi connectivity index (χ0v) is 12.3. The molecule has 0 aliphatic carbocycles. The molecule has 2 rings (SSSR count). The third kappa shape index (κ3) is 2.27. The van der Waals surface area contributed by atoms with Gasteiger partial charge in [0.2, 0.25) is 5.91 Å². The van der Waals surface area contributed by atoms with Crippen LogP contribution in [0.3, 0.4) is 0 Å². The summed E-state index contributed by atoms with van der Waals surface area (Å²) >= 11 is 6.92. The topological polar surface area (TPSA) is 66.5 Å². The van der Waals surface area contributed by atoms with Gasteiger partial charge in [-0.25, -0.2) is 8.42 Å². The Morgan fingerprint density at radius 2 is 2.22 bits per heavy atom. The Bertz CT molecular complexity index is 562. The van der Waals surface area contributed by atoms with Crippen molar-refractivity contribution in [2.45, 2.75) is 24.1 Å². The molecule has 0 aromatic carbocycles. The predicted octanol–water partition coefficient (Wildman–Crippen LogP) is 1.22. The van der Waals surface area contributed by atoms with Crippen molar-refractivity contribution in [3.8, 4) is 0 Å². The van der Waals surface area contributed by atoms with Gasteiger partial charge < -0.3 is 5.32 Å². The molecule has 0 bridgehead atoms. The molecule has 1 aliphatic heterocycles. The van der Waals surface area contributed by atoms with E-state index in [0.717, 1.165) is 16.9 Å². The molecule has 1 amide bonds. The van der Waals surface area contributed by atoms with Crippen molar-refractivity contribution < 1.29 is 13.2 Å². The van der Waals surface area contributed by atoms with Crippen molar-refractivity contribution in [1.82, 2.24) is 9.62 Å². The summed E-state index contributed by atoms with van der Waals surface area (Å²) in [5, 5.41) is 2.63. The molecule has 0 radical (unpaired) electrons. The first kappa shape index (κ1) is 13.8. The van der Waals surface area contributed by atoms with Crippen molar-refractivity contribution >= 4 is 38.9 Å². The number of sulfonamides is 1. The number of piperazine rings is 1. The van der Waals surface area contributed by atoms with Crippen LogP contribution < -0.4 is 5.32 Å². The molecule has 1 N–H and O–H groups in total. The van der Waals surface area contributed by atoms with Crippen molar-refractivity contribution in [3.05, 3.63) is 16.0 Å². The van der Waals surface area contributed by atoms with Crippen LogP contribution in [0.2, 0.25) is 4.34 Å². The van der Waals surface area contributed by atoms with Crippen molar-refractivity contribution in [2.75, 3.05) is 13.1 Å². The molecule has 1 aromatic heterocycles. The van der Waals surface area contributed by atoms with Gasteiger partial charge in [0, 0.05) is 13.1 Å². The van der Waals surface area contributed by atoms with Gasteiger partial charge in [-0.3, -0.25) is 4.79 Å². The summed E-state index contributed by atoms with van der Waals surface area (Å²) in [5.41, 5.74) is 0.731. The van der Waals surface area contributed by atoms with Gasteiger partial charge in [-0.05, 0) is 25.5 Å². The number of halogens is 1. The molecule has 1 aromatic rings. The molecule has 0 spiro atoms. The first-order valence-electron chi connectivity index (χ1n) is 5.39. The summed E-state index contributed by atoms with van der Waals surface area (Å²) < 4.78 is 26.7. The molecule has 5 nitrogen and oxygen atoms in total. The van der Waals surface area contributed by atoms with E-state index in [4.69, 9.17) is 11.6 Å². The van der Waals surface area contributed by atoms with Gasteiger partial charge in [0.1, 0.15) is 10.3 Å². The quantitative estimate of drug-likeness (QED) is 0.893. The first-order chi connectivity index (χ1) is 8.34. The van der Waals surface area contributed by atoms with Crippen LogP contribution >= 0.6 is 22.9 Å². The lowest BCUT2D eigenvalue weighted by Gasteiger charge is -2.31. The van der Waals surface area contributed by atoms with Gasteiger partial charge in [-0.15, -0.1) is 11.3 Å². The van der Waals surface area contributed by atoms with Crippen LogP contribution in [0.5, 0.6) is 0 Å². The lowest BCUT2D eigenvalue weighted by atomic mass is 10.2. The molecule has 100 valence electrons. The summed E-state index contributed by atoms with van der Waals surface area (Å²) in [4.78, 5) is 11.5. The van der Waals surface area contributed by atoms with Crippen LogP contribution in [0, 0.1) is 6.92 Å². The number of thiophene rings is 1. The van der Waals surface area contributed by atoms with E-state index in [1.54, 1.807) is 19.9 Å². The number of aryl methyl sites for hydroxylation is 1. The van der Waals surface area contributed by atoms with E-state index < -0.39 is 16.1 Å². The monoisotopic (exact) mass is 308 g/mol. The third-order valence-electron chi connectivity index (χ3n) is 2.84. The minimum Gasteiger partial charge on any atom is -0.353 e. The van der Waals surface area contributed by atoms with Gasteiger partial charge in [0.25, 0.3) is 10.0 Å². The smallest absolute Gasteiger partial charge is 0.253 e. The van der Waals surface area contributed by atoms with Crippen LogP contribution in [0.15, 0.2) is 10.3 Å². The van der Waals surface area contributed by atoms with Gasteiger partial charge in [0.15, 0.2) is 0 Å². The number of hydrogen-bond acceptors (Lipinski definition) is 4. The SMILES string of the molecule is Cc1cc(S(=O)(=O)N2CCNC(=O)C2C)sc1Cl. The van der Waals surface area contributed by atoms with Gasteiger partial charge >= 0.3 is 0 Å². The Labute approximate surface area is 115 Å². The molecule has 1 saturated heterocycles. The van der Waals surface area contributed by atoms with Crippen LogP contribution in [0.25, 0.3) is 0 Å². The lowest BCUT2D eigenvalue weighted by molar-refractivity contribution is -0.126. The molecular formula is C10H13ClN2O3S2. The Morgan fingerprint density at radius 1 is 1.56 bits per heavy atom. The minimum atomic E-state index is -3.64. The number of hydrogen-bond donors (Lipinski definition) is 1. The Balaban J connectivity index is 2.39. The minimum absolute atomic E-state index is 0.187. The number of carbonyl (C=O) groups is 1. The molecule has 2 heterocycles. The molecule has 8 heteroatoms. The van der Waals surface area contributed by atoms with Crippen LogP contribution in [-0.4, -0.2) is 37.8 Å². The van der Waals surface area contributed by atoms with E-state index in [1.807, 2.05) is 0 Å². The molecule has 1 unspecified atom stereocenters. The summed E-state index contributed by atoms with van der Waals surface area (Å²) in [6.45, 7) is 3.95. The number of nitrogens with zero attached hydrogens (tertiary/aromatic N) is 1. The summed E-state index contributed by atoms with van der Waals surface area (Å²) in [5.74, 6) is -0.274.